The number of hydrogen-bond acceptors (Lipinski definition) is 4. The molecule has 2 atom stereocenters. The van der Waals surface area contributed by atoms with E-state index in [-0.39, 0.29) is 30.5 Å². The Morgan fingerprint density at radius 2 is 1.81 bits per heavy atom. The van der Waals surface area contributed by atoms with Crippen LogP contribution in [0.5, 0.6) is 5.75 Å². The summed E-state index contributed by atoms with van der Waals surface area (Å²) in [5, 5.41) is 2.89. The third-order valence-electron chi connectivity index (χ3n) is 5.86. The van der Waals surface area contributed by atoms with Gasteiger partial charge < -0.3 is 19.4 Å². The maximum absolute atomic E-state index is 12.6. The molecule has 7 nitrogen and oxygen atoms in total. The van der Waals surface area contributed by atoms with Gasteiger partial charge in [-0.25, -0.2) is 4.98 Å². The van der Waals surface area contributed by atoms with Crippen molar-refractivity contribution in [3.63, 3.8) is 0 Å². The minimum absolute atomic E-state index is 0.00419. The van der Waals surface area contributed by atoms with E-state index in [1.165, 1.54) is 0 Å². The Balaban J connectivity index is 1.29. The molecule has 0 bridgehead atoms. The van der Waals surface area contributed by atoms with Gasteiger partial charge in [0.2, 0.25) is 0 Å². The molecule has 1 N–H and O–H groups in total. The fraction of sp³-hybridized carbons (Fsp3) is 0.375. The molecule has 0 spiro atoms. The molecule has 2 amide bonds. The van der Waals surface area contributed by atoms with Crippen LogP contribution in [0.25, 0.3) is 5.65 Å². The Hall–Kier alpha value is -2.87. The number of piperidine rings is 1. The normalized spacial score (nSPS) is 18.5. The third-order valence-corrected chi connectivity index (χ3v) is 6.32. The van der Waals surface area contributed by atoms with E-state index < -0.39 is 0 Å². The van der Waals surface area contributed by atoms with Gasteiger partial charge in [-0.15, -0.1) is 0 Å². The number of amides is 2. The number of halogens is 1. The lowest BCUT2D eigenvalue weighted by Crippen LogP contribution is -2.49. The topological polar surface area (TPSA) is 75.9 Å². The summed E-state index contributed by atoms with van der Waals surface area (Å²) < 4.78 is 8.55. The quantitative estimate of drug-likeness (QED) is 0.552. The van der Waals surface area contributed by atoms with Crippen molar-refractivity contribution in [2.24, 2.45) is 0 Å². The second kappa shape index (κ2) is 9.73. The number of nitrogens with one attached hydrogen (secondary N) is 1. The van der Waals surface area contributed by atoms with Crippen molar-refractivity contribution < 1.29 is 14.3 Å². The second-order valence-electron chi connectivity index (χ2n) is 8.27. The zero-order valence-corrected chi connectivity index (χ0v) is 19.8. The van der Waals surface area contributed by atoms with Crippen LogP contribution in [-0.2, 0) is 11.3 Å². The molecule has 2 aromatic heterocycles. The molecule has 0 aliphatic carbocycles. The molecule has 1 fully saturated rings. The lowest BCUT2D eigenvalue weighted by Gasteiger charge is -2.38. The molecule has 8 heteroatoms. The molecule has 1 aliphatic heterocycles. The molecule has 0 radical (unpaired) electrons. The number of pyridine rings is 1. The van der Waals surface area contributed by atoms with Crippen molar-refractivity contribution in [3.05, 3.63) is 64.5 Å². The fourth-order valence-corrected chi connectivity index (χ4v) is 4.56. The van der Waals surface area contributed by atoms with Gasteiger partial charge in [-0.3, -0.25) is 9.59 Å². The fourth-order valence-electron chi connectivity index (χ4n) is 4.21. The minimum atomic E-state index is -0.193. The van der Waals surface area contributed by atoms with Gasteiger partial charge in [0.1, 0.15) is 11.4 Å². The van der Waals surface area contributed by atoms with E-state index >= 15 is 0 Å². The standard InChI is InChI=1S/C24H27BrN4O3/c1-16-4-3-5-17(2)29(16)23(30)15-32-21-9-6-18(7-10-21)24(31)26-12-20-14-28-13-19(25)8-11-22(28)27-20/h6-11,13-14,16-17H,3-5,12,15H2,1-2H3,(H,26,31). The summed E-state index contributed by atoms with van der Waals surface area (Å²) in [6.45, 7) is 4.51. The zero-order chi connectivity index (χ0) is 22.7. The largest absolute Gasteiger partial charge is 0.484 e. The summed E-state index contributed by atoms with van der Waals surface area (Å²) in [7, 11) is 0. The van der Waals surface area contributed by atoms with Crippen molar-refractivity contribution in [1.82, 2.24) is 19.6 Å². The molecule has 0 saturated carbocycles. The number of ether oxygens (including phenoxy) is 1. The van der Waals surface area contributed by atoms with E-state index in [4.69, 9.17) is 4.74 Å². The zero-order valence-electron chi connectivity index (χ0n) is 18.3. The Labute approximate surface area is 195 Å². The number of likely N-dealkylation sites (tertiary alicyclic amines) is 1. The van der Waals surface area contributed by atoms with Gasteiger partial charge in [0.15, 0.2) is 6.61 Å². The molecule has 1 aromatic carbocycles. The number of carbonyl (C=O) groups is 2. The summed E-state index contributed by atoms with van der Waals surface area (Å²) in [6.07, 6.45) is 7.03. The van der Waals surface area contributed by atoms with Crippen LogP contribution in [0.2, 0.25) is 0 Å². The average Bonchev–Trinajstić information content (AvgIpc) is 3.18. The molecular weight excluding hydrogens is 472 g/mol. The predicted molar refractivity (Wildman–Crippen MR) is 126 cm³/mol. The van der Waals surface area contributed by atoms with Crippen LogP contribution in [0.3, 0.4) is 0 Å². The van der Waals surface area contributed by atoms with Crippen LogP contribution in [0.15, 0.2) is 53.3 Å². The molecule has 3 heterocycles. The maximum atomic E-state index is 12.6. The van der Waals surface area contributed by atoms with Crippen LogP contribution in [-0.4, -0.2) is 44.8 Å². The molecule has 1 saturated heterocycles. The smallest absolute Gasteiger partial charge is 0.260 e. The van der Waals surface area contributed by atoms with Crippen LogP contribution < -0.4 is 10.1 Å². The van der Waals surface area contributed by atoms with Crippen molar-refractivity contribution in [1.29, 1.82) is 0 Å². The summed E-state index contributed by atoms with van der Waals surface area (Å²) >= 11 is 3.43. The SMILES string of the molecule is CC1CCCC(C)N1C(=O)COc1ccc(C(=O)NCc2cn3cc(Br)ccc3n2)cc1. The van der Waals surface area contributed by atoms with Crippen molar-refractivity contribution in [3.8, 4) is 5.75 Å². The number of imidazole rings is 1. The highest BCUT2D eigenvalue weighted by molar-refractivity contribution is 9.10. The maximum Gasteiger partial charge on any atom is 0.260 e. The lowest BCUT2D eigenvalue weighted by molar-refractivity contribution is -0.139. The van der Waals surface area contributed by atoms with E-state index in [2.05, 4.69) is 40.1 Å². The number of carbonyl (C=O) groups excluding carboxylic acids is 2. The lowest BCUT2D eigenvalue weighted by atomic mass is 9.97. The first-order valence-corrected chi connectivity index (χ1v) is 11.7. The van der Waals surface area contributed by atoms with Crippen molar-refractivity contribution >= 4 is 33.4 Å². The summed E-state index contributed by atoms with van der Waals surface area (Å²) in [6, 6.07) is 11.2. The van der Waals surface area contributed by atoms with Crippen molar-refractivity contribution in [2.45, 2.75) is 51.7 Å². The highest BCUT2D eigenvalue weighted by Crippen LogP contribution is 2.23. The van der Waals surface area contributed by atoms with Gasteiger partial charge in [-0.2, -0.15) is 0 Å². The van der Waals surface area contributed by atoms with Crippen LogP contribution in [0, 0.1) is 0 Å². The van der Waals surface area contributed by atoms with Crippen molar-refractivity contribution in [2.75, 3.05) is 6.61 Å². The second-order valence-corrected chi connectivity index (χ2v) is 9.19. The predicted octanol–water partition coefficient (Wildman–Crippen LogP) is 4.20. The summed E-state index contributed by atoms with van der Waals surface area (Å²) in [5.41, 5.74) is 2.12. The van der Waals surface area contributed by atoms with Crippen LogP contribution in [0.1, 0.15) is 49.2 Å². The average molecular weight is 499 g/mol. The Kier molecular flexibility index (Phi) is 6.79. The Bertz CT molecular complexity index is 1100. The van der Waals surface area contributed by atoms with Crippen LogP contribution in [0.4, 0.5) is 0 Å². The number of fused-ring (bicyclic) bond motifs is 1. The van der Waals surface area contributed by atoms with Gasteiger partial charge in [0.05, 0.1) is 12.2 Å². The third kappa shape index (κ3) is 5.12. The monoisotopic (exact) mass is 498 g/mol. The van der Waals surface area contributed by atoms with E-state index in [1.54, 1.807) is 24.3 Å². The highest BCUT2D eigenvalue weighted by Gasteiger charge is 2.28. The Morgan fingerprint density at radius 1 is 1.09 bits per heavy atom. The summed E-state index contributed by atoms with van der Waals surface area (Å²) in [5.74, 6) is 0.381. The molecule has 32 heavy (non-hydrogen) atoms. The summed E-state index contributed by atoms with van der Waals surface area (Å²) in [4.78, 5) is 31.5. The van der Waals surface area contributed by atoms with Gasteiger partial charge in [0.25, 0.3) is 11.8 Å². The van der Waals surface area contributed by atoms with Gasteiger partial charge in [0, 0.05) is 34.5 Å². The number of benzene rings is 1. The first-order chi connectivity index (χ1) is 15.4. The molecule has 2 unspecified atom stereocenters. The Morgan fingerprint density at radius 3 is 2.53 bits per heavy atom. The van der Waals surface area contributed by atoms with Gasteiger partial charge in [-0.05, 0) is 85.4 Å². The molecule has 168 valence electrons. The molecule has 3 aromatic rings. The van der Waals surface area contributed by atoms with Gasteiger partial charge in [-0.1, -0.05) is 0 Å². The number of nitrogens with zero attached hydrogens (tertiary/aromatic N) is 3. The van der Waals surface area contributed by atoms with E-state index in [0.29, 0.717) is 17.9 Å². The minimum Gasteiger partial charge on any atom is -0.484 e. The van der Waals surface area contributed by atoms with E-state index in [0.717, 1.165) is 35.1 Å². The molecular formula is C24H27BrN4O3. The number of aromatic nitrogens is 2. The van der Waals surface area contributed by atoms with Crippen LogP contribution >= 0.6 is 15.9 Å². The molecule has 1 aliphatic rings. The van der Waals surface area contributed by atoms with E-state index in [1.807, 2.05) is 33.8 Å². The van der Waals surface area contributed by atoms with Gasteiger partial charge >= 0.3 is 0 Å². The van der Waals surface area contributed by atoms with E-state index in [9.17, 15) is 9.59 Å². The molecule has 4 rings (SSSR count). The number of rotatable bonds is 6. The highest BCUT2D eigenvalue weighted by atomic mass is 79.9. The first kappa shape index (κ1) is 22.3. The number of hydrogen-bond donors (Lipinski definition) is 1. The first-order valence-electron chi connectivity index (χ1n) is 10.9.